The van der Waals surface area contributed by atoms with Gasteiger partial charge in [0.15, 0.2) is 11.6 Å². The summed E-state index contributed by atoms with van der Waals surface area (Å²) in [6.45, 7) is 4.05. The summed E-state index contributed by atoms with van der Waals surface area (Å²) in [5.41, 5.74) is 4.63. The Kier molecular flexibility index (Phi) is 6.29. The van der Waals surface area contributed by atoms with Crippen LogP contribution in [0, 0.1) is 12.8 Å². The van der Waals surface area contributed by atoms with Gasteiger partial charge in [-0.3, -0.25) is 14.4 Å². The maximum atomic E-state index is 14.9. The van der Waals surface area contributed by atoms with Crippen molar-refractivity contribution >= 4 is 46.0 Å². The van der Waals surface area contributed by atoms with Crippen molar-refractivity contribution < 1.29 is 19.1 Å². The normalized spacial score (nSPS) is 23.3. The first-order valence-electron chi connectivity index (χ1n) is 14.2. The second-order valence-corrected chi connectivity index (χ2v) is 11.9. The first kappa shape index (κ1) is 27.2. The molecule has 0 aromatic heterocycles. The zero-order valence-corrected chi connectivity index (χ0v) is 24.7. The van der Waals surface area contributed by atoms with Crippen LogP contribution in [0.25, 0.3) is 5.57 Å². The minimum absolute atomic E-state index is 0.259. The number of hydrogen-bond acceptors (Lipinski definition) is 5. The lowest BCUT2D eigenvalue weighted by Gasteiger charge is -2.39. The first-order chi connectivity index (χ1) is 20.7. The molecule has 7 rings (SSSR count). The Morgan fingerprint density at radius 3 is 2.42 bits per heavy atom. The zero-order valence-electron chi connectivity index (χ0n) is 23.9. The zero-order chi connectivity index (χ0) is 30.0. The van der Waals surface area contributed by atoms with Crippen LogP contribution in [0.4, 0.5) is 11.4 Å². The number of anilines is 2. The smallest absolute Gasteiger partial charge is 0.238 e. The van der Waals surface area contributed by atoms with Gasteiger partial charge in [0.2, 0.25) is 5.91 Å². The third kappa shape index (κ3) is 3.90. The number of hydrogen-bond donors (Lipinski definition) is 1. The molecule has 43 heavy (non-hydrogen) atoms. The van der Waals surface area contributed by atoms with Crippen LogP contribution < -0.4 is 15.0 Å². The maximum Gasteiger partial charge on any atom is 0.238 e. The molecule has 1 N–H and O–H groups in total. The molecule has 0 unspecified atom stereocenters. The molecule has 0 saturated carbocycles. The van der Waals surface area contributed by atoms with E-state index in [9.17, 15) is 14.4 Å². The summed E-state index contributed by atoms with van der Waals surface area (Å²) in [5.74, 6) is -1.37. The van der Waals surface area contributed by atoms with Gasteiger partial charge in [-0.15, -0.1) is 0 Å². The van der Waals surface area contributed by atoms with Gasteiger partial charge in [-0.2, -0.15) is 0 Å². The van der Waals surface area contributed by atoms with E-state index >= 15 is 0 Å². The van der Waals surface area contributed by atoms with E-state index in [-0.39, 0.29) is 17.5 Å². The van der Waals surface area contributed by atoms with Crippen LogP contribution in [0.2, 0.25) is 5.02 Å². The second-order valence-electron chi connectivity index (χ2n) is 11.5. The lowest BCUT2D eigenvalue weighted by molar-refractivity contribution is -0.121. The Hall–Kier alpha value is -4.68. The molecule has 1 amide bonds. The van der Waals surface area contributed by atoms with E-state index < -0.39 is 23.4 Å². The summed E-state index contributed by atoms with van der Waals surface area (Å²) >= 11 is 6.20. The number of halogens is 1. The average Bonchev–Trinajstić information content (AvgIpc) is 3.49. The molecule has 3 heterocycles. The second kappa shape index (κ2) is 9.96. The summed E-state index contributed by atoms with van der Waals surface area (Å²) in [6, 6.07) is 25.6. The van der Waals surface area contributed by atoms with Crippen LogP contribution >= 0.6 is 11.6 Å². The summed E-state index contributed by atoms with van der Waals surface area (Å²) in [5, 5.41) is 3.57. The number of Topliss-reactive ketones (excluding diaryl/α,β-unsaturated/α-hetero) is 2. The molecule has 1 fully saturated rings. The Balaban J connectivity index is 1.55. The Morgan fingerprint density at radius 1 is 0.884 bits per heavy atom. The van der Waals surface area contributed by atoms with E-state index in [1.165, 1.54) is 0 Å². The fourth-order valence-corrected chi connectivity index (χ4v) is 7.41. The number of amides is 1. The maximum absolute atomic E-state index is 14.9. The molecule has 3 aliphatic rings. The highest BCUT2D eigenvalue weighted by atomic mass is 35.5. The summed E-state index contributed by atoms with van der Waals surface area (Å²) in [6.07, 6.45) is 2.06. The van der Waals surface area contributed by atoms with Crippen molar-refractivity contribution in [2.24, 2.45) is 5.92 Å². The minimum atomic E-state index is -1.38. The van der Waals surface area contributed by atoms with Crippen LogP contribution in [-0.4, -0.2) is 36.7 Å². The minimum Gasteiger partial charge on any atom is -0.497 e. The van der Waals surface area contributed by atoms with Crippen LogP contribution in [0.1, 0.15) is 44.3 Å². The van der Waals surface area contributed by atoms with Gasteiger partial charge >= 0.3 is 0 Å². The number of methoxy groups -OCH3 is 1. The van der Waals surface area contributed by atoms with Crippen molar-refractivity contribution in [3.05, 3.63) is 130 Å². The van der Waals surface area contributed by atoms with Crippen LogP contribution in [-0.2, 0) is 10.2 Å². The highest BCUT2D eigenvalue weighted by Crippen LogP contribution is 2.59. The molecule has 1 saturated heterocycles. The molecule has 4 atom stereocenters. The first-order valence-corrected chi connectivity index (χ1v) is 14.6. The van der Waals surface area contributed by atoms with Gasteiger partial charge in [-0.25, -0.2) is 0 Å². The number of allylic oxidation sites excluding steroid dienone is 1. The lowest BCUT2D eigenvalue weighted by Crippen LogP contribution is -2.51. The molecular formula is C36H29ClN2O4. The molecule has 4 aromatic rings. The molecule has 4 aromatic carbocycles. The molecular weight excluding hydrogens is 560 g/mol. The predicted octanol–water partition coefficient (Wildman–Crippen LogP) is 6.90. The molecule has 6 nitrogen and oxygen atoms in total. The molecule has 3 aliphatic heterocycles. The number of aryl methyl sites for hydroxylation is 1. The number of nitrogens with zero attached hydrogens (tertiary/aromatic N) is 1. The van der Waals surface area contributed by atoms with Gasteiger partial charge < -0.3 is 15.0 Å². The lowest BCUT2D eigenvalue weighted by atomic mass is 9.64. The molecule has 214 valence electrons. The number of carbonyl (C=O) groups excluding carboxylic acids is 3. The number of rotatable bonds is 5. The Morgan fingerprint density at radius 2 is 1.65 bits per heavy atom. The van der Waals surface area contributed by atoms with Crippen molar-refractivity contribution in [3.63, 3.8) is 0 Å². The van der Waals surface area contributed by atoms with Gasteiger partial charge in [-0.05, 0) is 79.6 Å². The number of benzene rings is 4. The van der Waals surface area contributed by atoms with Crippen molar-refractivity contribution in [2.75, 3.05) is 17.3 Å². The van der Waals surface area contributed by atoms with Crippen LogP contribution in [0.15, 0.2) is 97.1 Å². The SMILES string of the molecule is COc1cccc(C(=O)[C@@H]2[C@H](C(=O)c3ccc(Cl)cc3)[C@]3(C(=O)Nc4ccccc43)[C@H]3C=C(C)c4cc(C)ccc4N23)c1. The van der Waals surface area contributed by atoms with E-state index in [1.54, 1.807) is 55.6 Å². The topological polar surface area (TPSA) is 75.7 Å². The van der Waals surface area contributed by atoms with Gasteiger partial charge in [0.05, 0.1) is 19.1 Å². The summed E-state index contributed by atoms with van der Waals surface area (Å²) in [7, 11) is 1.55. The van der Waals surface area contributed by atoms with Crippen molar-refractivity contribution in [1.82, 2.24) is 0 Å². The number of fused-ring (bicyclic) bond motifs is 6. The standard InChI is InChI=1S/C36H29ClN2O4/c1-20-11-16-29-26(17-20)21(2)18-30-36(27-9-4-5-10-28(27)38-35(36)42)31(33(40)22-12-14-24(37)15-13-22)32(39(29)30)34(41)23-7-6-8-25(19-23)43-3/h4-19,30-32H,1-3H3,(H,38,42)/t30-,31-,32+,36-/m1/s1. The number of para-hydroxylation sites is 1. The van der Waals surface area contributed by atoms with Crippen molar-refractivity contribution in [2.45, 2.75) is 31.3 Å². The van der Waals surface area contributed by atoms with E-state index in [0.29, 0.717) is 33.1 Å². The molecule has 1 spiro atoms. The monoisotopic (exact) mass is 588 g/mol. The number of ketones is 2. The van der Waals surface area contributed by atoms with Crippen LogP contribution in [0.5, 0.6) is 5.75 Å². The molecule has 7 heteroatoms. The highest BCUT2D eigenvalue weighted by Gasteiger charge is 2.70. The predicted molar refractivity (Wildman–Crippen MR) is 168 cm³/mol. The number of ether oxygens (including phenoxy) is 1. The summed E-state index contributed by atoms with van der Waals surface area (Å²) < 4.78 is 5.45. The summed E-state index contributed by atoms with van der Waals surface area (Å²) in [4.78, 5) is 46.3. The van der Waals surface area contributed by atoms with Gasteiger partial charge in [0.25, 0.3) is 0 Å². The van der Waals surface area contributed by atoms with Crippen molar-refractivity contribution in [1.29, 1.82) is 0 Å². The van der Waals surface area contributed by atoms with Gasteiger partial charge in [0.1, 0.15) is 17.2 Å². The molecule has 0 bridgehead atoms. The Bertz CT molecular complexity index is 1860. The van der Waals surface area contributed by atoms with Crippen molar-refractivity contribution in [3.8, 4) is 5.75 Å². The van der Waals surface area contributed by atoms with E-state index in [1.807, 2.05) is 55.1 Å². The van der Waals surface area contributed by atoms with Crippen LogP contribution in [0.3, 0.4) is 0 Å². The highest BCUT2D eigenvalue weighted by molar-refractivity contribution is 6.30. The van der Waals surface area contributed by atoms with E-state index in [4.69, 9.17) is 16.3 Å². The van der Waals surface area contributed by atoms with Gasteiger partial charge in [-0.1, -0.05) is 59.6 Å². The molecule has 0 radical (unpaired) electrons. The quantitative estimate of drug-likeness (QED) is 0.257. The number of carbonyl (C=O) groups is 3. The average molecular weight is 589 g/mol. The fraction of sp³-hybridized carbons (Fsp3) is 0.194. The Labute approximate surface area is 254 Å². The largest absolute Gasteiger partial charge is 0.497 e. The van der Waals surface area contributed by atoms with E-state index in [0.717, 1.165) is 22.4 Å². The fourth-order valence-electron chi connectivity index (χ4n) is 7.29. The third-order valence-electron chi connectivity index (χ3n) is 9.17. The third-order valence-corrected chi connectivity index (χ3v) is 9.42. The number of nitrogens with one attached hydrogen (secondary N) is 1. The van der Waals surface area contributed by atoms with Gasteiger partial charge in [0, 0.05) is 33.1 Å². The molecule has 0 aliphatic carbocycles. The van der Waals surface area contributed by atoms with E-state index in [2.05, 4.69) is 17.5 Å².